The van der Waals surface area contributed by atoms with Gasteiger partial charge in [0, 0.05) is 17.7 Å². The van der Waals surface area contributed by atoms with E-state index in [1.165, 1.54) is 18.2 Å². The van der Waals surface area contributed by atoms with Gasteiger partial charge >= 0.3 is 13.7 Å². The Labute approximate surface area is 167 Å². The quantitative estimate of drug-likeness (QED) is 0.439. The molecule has 150 valence electrons. The first-order valence-corrected chi connectivity index (χ1v) is 8.94. The van der Waals surface area contributed by atoms with E-state index in [0.29, 0.717) is 11.2 Å². The summed E-state index contributed by atoms with van der Waals surface area (Å²) in [6, 6.07) is 7.50. The predicted octanol–water partition coefficient (Wildman–Crippen LogP) is 4.04. The van der Waals surface area contributed by atoms with Crippen molar-refractivity contribution in [3.63, 3.8) is 0 Å². The van der Waals surface area contributed by atoms with E-state index in [-0.39, 0.29) is 16.7 Å². The van der Waals surface area contributed by atoms with Gasteiger partial charge in [-0.2, -0.15) is 8.78 Å². The molecule has 1 aromatic heterocycles. The number of pyridine rings is 1. The third kappa shape index (κ3) is 4.48. The number of hydrogen-bond donors (Lipinski definition) is 1. The first kappa shape index (κ1) is 20.6. The molecule has 1 aliphatic rings. The van der Waals surface area contributed by atoms with E-state index in [2.05, 4.69) is 15.2 Å². The van der Waals surface area contributed by atoms with Gasteiger partial charge < -0.3 is 18.9 Å². The molecular formula is C18H20BClF2N2O4. The Morgan fingerprint density at radius 1 is 1.11 bits per heavy atom. The molecule has 1 aliphatic heterocycles. The molecule has 0 saturated carbocycles. The molecule has 1 N–H and O–H groups in total. The summed E-state index contributed by atoms with van der Waals surface area (Å²) in [5.41, 5.74) is 2.71. The summed E-state index contributed by atoms with van der Waals surface area (Å²) < 4.78 is 41.0. The van der Waals surface area contributed by atoms with Crippen molar-refractivity contribution in [2.45, 2.75) is 45.5 Å². The predicted molar refractivity (Wildman–Crippen MR) is 102 cm³/mol. The smallest absolute Gasteiger partial charge is 0.435 e. The molecule has 0 aliphatic carbocycles. The molecule has 1 saturated heterocycles. The van der Waals surface area contributed by atoms with Crippen molar-refractivity contribution in [3.8, 4) is 11.5 Å². The fourth-order valence-electron chi connectivity index (χ4n) is 2.47. The molecule has 0 atom stereocenters. The number of halogens is 3. The summed E-state index contributed by atoms with van der Waals surface area (Å²) in [5, 5.41) is 0.167. The Balaban J connectivity index is 1.73. The standard InChI is InChI=1S/C18H20BClF2N2O4/c1-17(2)18(3,4)28-19(27-17)11-8-14(15(20)23-10-11)24-26-13-7-5-6-12(9-13)25-16(21)22/h5-10,16,24H,1-4H3. The fraction of sp³-hybridized carbons (Fsp3) is 0.389. The van der Waals surface area contributed by atoms with E-state index >= 15 is 0 Å². The van der Waals surface area contributed by atoms with E-state index in [9.17, 15) is 8.78 Å². The SMILES string of the molecule is CC1(C)OB(c2cnc(Cl)c(NOc3cccc(OC(F)F)c3)c2)OC1(C)C. The molecule has 28 heavy (non-hydrogen) atoms. The Morgan fingerprint density at radius 3 is 2.39 bits per heavy atom. The summed E-state index contributed by atoms with van der Waals surface area (Å²) in [6.45, 7) is 4.89. The minimum Gasteiger partial charge on any atom is -0.435 e. The maximum atomic E-state index is 12.3. The first-order chi connectivity index (χ1) is 13.1. The van der Waals surface area contributed by atoms with Gasteiger partial charge in [-0.1, -0.05) is 17.7 Å². The third-order valence-corrected chi connectivity index (χ3v) is 5.00. The Morgan fingerprint density at radius 2 is 1.75 bits per heavy atom. The van der Waals surface area contributed by atoms with Gasteiger partial charge in [-0.05, 0) is 45.9 Å². The molecule has 0 bridgehead atoms. The van der Waals surface area contributed by atoms with Crippen LogP contribution in [-0.2, 0) is 9.31 Å². The number of nitrogens with zero attached hydrogens (tertiary/aromatic N) is 1. The average molecular weight is 413 g/mol. The zero-order chi connectivity index (χ0) is 20.5. The molecule has 2 aromatic rings. The van der Waals surface area contributed by atoms with Crippen molar-refractivity contribution >= 4 is 29.9 Å². The monoisotopic (exact) mass is 412 g/mol. The van der Waals surface area contributed by atoms with Crippen molar-refractivity contribution in [1.29, 1.82) is 0 Å². The molecule has 10 heteroatoms. The lowest BCUT2D eigenvalue weighted by molar-refractivity contribution is -0.0499. The van der Waals surface area contributed by atoms with Crippen LogP contribution >= 0.6 is 11.6 Å². The minimum atomic E-state index is -2.92. The lowest BCUT2D eigenvalue weighted by Crippen LogP contribution is -2.41. The number of ether oxygens (including phenoxy) is 1. The van der Waals surface area contributed by atoms with Crippen LogP contribution in [-0.4, -0.2) is 29.9 Å². The highest BCUT2D eigenvalue weighted by Gasteiger charge is 2.51. The maximum absolute atomic E-state index is 12.3. The van der Waals surface area contributed by atoms with Crippen LogP contribution in [0.3, 0.4) is 0 Å². The number of nitrogens with one attached hydrogen (secondary N) is 1. The highest BCUT2D eigenvalue weighted by atomic mass is 35.5. The lowest BCUT2D eigenvalue weighted by Gasteiger charge is -2.32. The van der Waals surface area contributed by atoms with Crippen LogP contribution in [0.4, 0.5) is 14.5 Å². The molecule has 6 nitrogen and oxygen atoms in total. The molecule has 0 spiro atoms. The summed E-state index contributed by atoms with van der Waals surface area (Å²) in [7, 11) is -0.613. The van der Waals surface area contributed by atoms with E-state index in [4.69, 9.17) is 25.7 Å². The molecular weight excluding hydrogens is 392 g/mol. The van der Waals surface area contributed by atoms with Gasteiger partial charge in [-0.3, -0.25) is 0 Å². The van der Waals surface area contributed by atoms with Crippen LogP contribution in [0.5, 0.6) is 11.5 Å². The number of rotatable bonds is 6. The van der Waals surface area contributed by atoms with Crippen molar-refractivity contribution in [1.82, 2.24) is 4.98 Å². The molecule has 3 rings (SSSR count). The van der Waals surface area contributed by atoms with E-state index in [1.54, 1.807) is 18.3 Å². The Hall–Kier alpha value is -2.10. The van der Waals surface area contributed by atoms with Gasteiger partial charge in [0.05, 0.1) is 11.2 Å². The highest BCUT2D eigenvalue weighted by Crippen LogP contribution is 2.36. The lowest BCUT2D eigenvalue weighted by atomic mass is 9.80. The molecule has 1 aromatic carbocycles. The maximum Gasteiger partial charge on any atom is 0.496 e. The van der Waals surface area contributed by atoms with Gasteiger partial charge in [-0.25, -0.2) is 10.5 Å². The number of hydrogen-bond acceptors (Lipinski definition) is 6. The molecule has 0 amide bonds. The van der Waals surface area contributed by atoms with E-state index in [0.717, 1.165) is 0 Å². The number of aromatic nitrogens is 1. The zero-order valence-electron chi connectivity index (χ0n) is 15.8. The van der Waals surface area contributed by atoms with Crippen LogP contribution < -0.4 is 20.5 Å². The molecule has 0 unspecified atom stereocenters. The summed E-state index contributed by atoms with van der Waals surface area (Å²) >= 11 is 6.12. The van der Waals surface area contributed by atoms with Crippen molar-refractivity contribution < 1.29 is 27.7 Å². The second-order valence-corrected chi connectivity index (χ2v) is 7.61. The third-order valence-electron chi connectivity index (χ3n) is 4.70. The number of alkyl halides is 2. The Bertz CT molecular complexity index is 838. The second-order valence-electron chi connectivity index (χ2n) is 7.25. The van der Waals surface area contributed by atoms with Crippen molar-refractivity contribution in [2.75, 3.05) is 5.48 Å². The van der Waals surface area contributed by atoms with Crippen molar-refractivity contribution in [3.05, 3.63) is 41.7 Å². The highest BCUT2D eigenvalue weighted by molar-refractivity contribution is 6.62. The topological polar surface area (TPSA) is 61.8 Å². The van der Waals surface area contributed by atoms with E-state index in [1.807, 2.05) is 27.7 Å². The zero-order valence-corrected chi connectivity index (χ0v) is 16.6. The minimum absolute atomic E-state index is 0.0236. The first-order valence-electron chi connectivity index (χ1n) is 8.56. The number of benzene rings is 1. The molecule has 0 radical (unpaired) electrons. The van der Waals surface area contributed by atoms with Gasteiger partial charge in [0.15, 0.2) is 10.9 Å². The van der Waals surface area contributed by atoms with Gasteiger partial charge in [0.25, 0.3) is 0 Å². The van der Waals surface area contributed by atoms with E-state index < -0.39 is 24.9 Å². The normalized spacial score (nSPS) is 17.6. The van der Waals surface area contributed by atoms with Crippen LogP contribution in [0.15, 0.2) is 36.5 Å². The average Bonchev–Trinajstić information content (AvgIpc) is 2.81. The van der Waals surface area contributed by atoms with Crippen LogP contribution in [0, 0.1) is 0 Å². The summed E-state index contributed by atoms with van der Waals surface area (Å²) in [4.78, 5) is 9.54. The number of anilines is 1. The summed E-state index contributed by atoms with van der Waals surface area (Å²) in [6.07, 6.45) is 1.56. The van der Waals surface area contributed by atoms with Gasteiger partial charge in [0.2, 0.25) is 0 Å². The molecule has 1 fully saturated rings. The van der Waals surface area contributed by atoms with Gasteiger partial charge in [0.1, 0.15) is 11.4 Å². The fourth-order valence-corrected chi connectivity index (χ4v) is 2.61. The molecule has 2 heterocycles. The largest absolute Gasteiger partial charge is 0.496 e. The van der Waals surface area contributed by atoms with Crippen molar-refractivity contribution in [2.24, 2.45) is 0 Å². The van der Waals surface area contributed by atoms with Crippen LogP contribution in [0.2, 0.25) is 5.15 Å². The van der Waals surface area contributed by atoms with Crippen LogP contribution in [0.1, 0.15) is 27.7 Å². The van der Waals surface area contributed by atoms with Crippen LogP contribution in [0.25, 0.3) is 0 Å². The Kier molecular flexibility index (Phi) is 5.70. The van der Waals surface area contributed by atoms with Gasteiger partial charge in [-0.15, -0.1) is 0 Å². The summed E-state index contributed by atoms with van der Waals surface area (Å²) in [5.74, 6) is 0.236. The second kappa shape index (κ2) is 7.73.